The van der Waals surface area contributed by atoms with Crippen LogP contribution < -0.4 is 0 Å². The van der Waals surface area contributed by atoms with E-state index in [4.69, 9.17) is 9.40 Å². The quantitative estimate of drug-likeness (QED) is 0.157. The molecule has 243 valence electrons. The largest absolute Gasteiger partial charge is 0.557 e. The monoisotopic (exact) mass is 822 g/mol. The first-order chi connectivity index (χ1) is 24.3. The Labute approximate surface area is 305 Å². The Bertz CT molecular complexity index is 2400. The van der Waals surface area contributed by atoms with E-state index >= 15 is 0 Å². The van der Waals surface area contributed by atoms with Gasteiger partial charge in [0, 0.05) is 43.8 Å². The van der Waals surface area contributed by atoms with Crippen LogP contribution in [0.1, 0.15) is 11.1 Å². The molecule has 9 aromatic rings. The number of fused-ring (bicyclic) bond motifs is 2. The molecule has 0 aliphatic rings. The number of hydrogen-bond donors (Lipinski definition) is 0. The number of benzene rings is 6. The maximum Gasteiger partial charge on any atom is 0.0774 e. The van der Waals surface area contributed by atoms with Gasteiger partial charge in [-0.15, -0.1) is 42.0 Å². The van der Waals surface area contributed by atoms with Gasteiger partial charge in [0.05, 0.1) is 16.9 Å². The van der Waals surface area contributed by atoms with Gasteiger partial charge in [0.25, 0.3) is 0 Å². The number of pyridine rings is 1. The number of aromatic nitrogens is 3. The summed E-state index contributed by atoms with van der Waals surface area (Å²) in [6, 6.07) is 61.0. The molecular weight excluding hydrogens is 791 g/mol. The Morgan fingerprint density at radius 1 is 0.620 bits per heavy atom. The molecule has 6 aromatic carbocycles. The number of furan rings is 1. The summed E-state index contributed by atoms with van der Waals surface area (Å²) < 4.78 is 8.16. The molecule has 0 fully saturated rings. The summed E-state index contributed by atoms with van der Waals surface area (Å²) in [4.78, 5) is 9.24. The normalized spacial score (nSPS) is 10.7. The maximum atomic E-state index is 5.97. The van der Waals surface area contributed by atoms with Crippen molar-refractivity contribution in [3.05, 3.63) is 200 Å². The first kappa shape index (κ1) is 32.7. The topological polar surface area (TPSA) is 43.9 Å². The second-order valence-corrected chi connectivity index (χ2v) is 11.7. The van der Waals surface area contributed by atoms with Crippen molar-refractivity contribution in [1.29, 1.82) is 0 Å². The molecule has 0 unspecified atom stereocenters. The standard InChI is InChI=1S/C34H23N2O.C11H8N.Ir/c1-3-9-24(10-4-1)21-25-15-20-29-30(23-37-33(29)22-25)34-35-31-13-7-8-14-32(31)36(34)28-18-16-27(17-19-28)26-11-5-2-6-12-26;1-2-6-10(7-3-1)11-8-4-5-9-12-11;/h1-20,22H,21H2;1-6,8-9H;/q2*-1;. The van der Waals surface area contributed by atoms with Crippen molar-refractivity contribution in [1.82, 2.24) is 14.5 Å². The van der Waals surface area contributed by atoms with Gasteiger partial charge in [0.1, 0.15) is 0 Å². The van der Waals surface area contributed by atoms with E-state index in [-0.39, 0.29) is 20.1 Å². The summed E-state index contributed by atoms with van der Waals surface area (Å²) in [5, 5.41) is 1.01. The van der Waals surface area contributed by atoms with E-state index in [1.165, 1.54) is 22.3 Å². The molecule has 0 saturated carbocycles. The summed E-state index contributed by atoms with van der Waals surface area (Å²) >= 11 is 0. The molecule has 0 bridgehead atoms. The first-order valence-electron chi connectivity index (χ1n) is 16.3. The minimum Gasteiger partial charge on any atom is -0.557 e. The van der Waals surface area contributed by atoms with E-state index in [0.29, 0.717) is 0 Å². The van der Waals surface area contributed by atoms with Gasteiger partial charge in [0.15, 0.2) is 0 Å². The third kappa shape index (κ3) is 6.97. The van der Waals surface area contributed by atoms with Crippen LogP contribution in [0.2, 0.25) is 0 Å². The molecule has 0 amide bonds. The molecule has 0 atom stereocenters. The number of rotatable bonds is 6. The van der Waals surface area contributed by atoms with Gasteiger partial charge in [-0.05, 0) is 59.1 Å². The molecule has 0 aliphatic heterocycles. The van der Waals surface area contributed by atoms with Crippen molar-refractivity contribution in [2.24, 2.45) is 0 Å². The van der Waals surface area contributed by atoms with Gasteiger partial charge in [-0.3, -0.25) is 4.98 Å². The number of nitrogens with zero attached hydrogens (tertiary/aromatic N) is 3. The molecule has 4 nitrogen and oxygen atoms in total. The van der Waals surface area contributed by atoms with Crippen LogP contribution in [0, 0.1) is 12.3 Å². The Morgan fingerprint density at radius 3 is 2.10 bits per heavy atom. The molecule has 0 saturated heterocycles. The zero-order valence-corrected chi connectivity index (χ0v) is 29.4. The third-order valence-electron chi connectivity index (χ3n) is 8.50. The van der Waals surface area contributed by atoms with Crippen molar-refractivity contribution in [2.45, 2.75) is 6.42 Å². The van der Waals surface area contributed by atoms with Gasteiger partial charge < -0.3 is 14.0 Å². The SMILES string of the molecule is [Ir].[c-]1ccccc1-c1ccccn1.[c-]1oc2cc(Cc3ccccc3)ccc2c1-c1nc2ccccc2n1-c1ccc(-c2ccccc2)cc1. The minimum atomic E-state index is 0. The van der Waals surface area contributed by atoms with E-state index in [1.54, 1.807) is 6.20 Å². The number of hydrogen-bond acceptors (Lipinski definition) is 3. The second kappa shape index (κ2) is 15.1. The van der Waals surface area contributed by atoms with E-state index in [0.717, 1.165) is 56.8 Å². The number of imidazole rings is 1. The fraction of sp³-hybridized carbons (Fsp3) is 0.0222. The van der Waals surface area contributed by atoms with Crippen LogP contribution in [0.4, 0.5) is 0 Å². The Morgan fingerprint density at radius 2 is 1.34 bits per heavy atom. The second-order valence-electron chi connectivity index (χ2n) is 11.7. The first-order valence-corrected chi connectivity index (χ1v) is 16.3. The summed E-state index contributed by atoms with van der Waals surface area (Å²) in [7, 11) is 0. The smallest absolute Gasteiger partial charge is 0.0774 e. The average Bonchev–Trinajstić information content (AvgIpc) is 3.78. The van der Waals surface area contributed by atoms with E-state index in [2.05, 4.69) is 125 Å². The predicted octanol–water partition coefficient (Wildman–Crippen LogP) is 11.0. The average molecular weight is 822 g/mol. The molecular formula is C45H31IrN3O-2. The van der Waals surface area contributed by atoms with Crippen LogP contribution in [0.15, 0.2) is 180 Å². The van der Waals surface area contributed by atoms with Gasteiger partial charge >= 0.3 is 0 Å². The van der Waals surface area contributed by atoms with Crippen LogP contribution in [0.25, 0.3) is 61.5 Å². The van der Waals surface area contributed by atoms with E-state index < -0.39 is 0 Å². The molecule has 3 aromatic heterocycles. The molecule has 5 heteroatoms. The van der Waals surface area contributed by atoms with Crippen molar-refractivity contribution in [3.63, 3.8) is 0 Å². The van der Waals surface area contributed by atoms with E-state index in [1.807, 2.05) is 66.7 Å². The summed E-state index contributed by atoms with van der Waals surface area (Å²) in [6.45, 7) is 0. The molecule has 1 radical (unpaired) electrons. The van der Waals surface area contributed by atoms with Gasteiger partial charge in [0.2, 0.25) is 0 Å². The predicted molar refractivity (Wildman–Crippen MR) is 198 cm³/mol. The fourth-order valence-corrected chi connectivity index (χ4v) is 6.09. The van der Waals surface area contributed by atoms with Crippen LogP contribution in [-0.4, -0.2) is 14.5 Å². The zero-order valence-electron chi connectivity index (χ0n) is 27.0. The van der Waals surface area contributed by atoms with Crippen molar-refractivity contribution >= 4 is 22.0 Å². The van der Waals surface area contributed by atoms with Gasteiger partial charge in [-0.2, -0.15) is 0 Å². The molecule has 3 heterocycles. The van der Waals surface area contributed by atoms with E-state index in [9.17, 15) is 0 Å². The van der Waals surface area contributed by atoms with Crippen LogP contribution in [0.5, 0.6) is 0 Å². The summed E-state index contributed by atoms with van der Waals surface area (Å²) in [5.41, 5.74) is 11.6. The number of para-hydroxylation sites is 2. The molecule has 0 aliphatic carbocycles. The third-order valence-corrected chi connectivity index (χ3v) is 8.50. The molecule has 0 spiro atoms. The molecule has 50 heavy (non-hydrogen) atoms. The summed E-state index contributed by atoms with van der Waals surface area (Å²) in [6.07, 6.45) is 5.82. The minimum absolute atomic E-state index is 0. The molecule has 9 rings (SSSR count). The van der Waals surface area contributed by atoms with Crippen molar-refractivity contribution in [2.75, 3.05) is 0 Å². The Hall–Kier alpha value is -5.87. The van der Waals surface area contributed by atoms with Crippen LogP contribution in [0.3, 0.4) is 0 Å². The summed E-state index contributed by atoms with van der Waals surface area (Å²) in [5.74, 6) is 0.822. The van der Waals surface area contributed by atoms with Crippen molar-refractivity contribution in [3.8, 4) is 39.5 Å². The van der Waals surface area contributed by atoms with Crippen LogP contribution >= 0.6 is 0 Å². The molecule has 0 N–H and O–H groups in total. The Kier molecular flexibility index (Phi) is 9.88. The zero-order chi connectivity index (χ0) is 32.8. The fourth-order valence-electron chi connectivity index (χ4n) is 6.09. The van der Waals surface area contributed by atoms with Gasteiger partial charge in [-0.1, -0.05) is 126 Å². The Balaban J connectivity index is 0.000000255. The van der Waals surface area contributed by atoms with Crippen LogP contribution in [-0.2, 0) is 26.5 Å². The van der Waals surface area contributed by atoms with Gasteiger partial charge in [-0.25, -0.2) is 0 Å². The van der Waals surface area contributed by atoms with Crippen molar-refractivity contribution < 1.29 is 24.5 Å². The maximum absolute atomic E-state index is 5.97.